The van der Waals surface area contributed by atoms with Crippen LogP contribution in [0.3, 0.4) is 0 Å². The number of rotatable bonds is 5. The molecule has 1 fully saturated rings. The van der Waals surface area contributed by atoms with Gasteiger partial charge in [0, 0.05) is 12.2 Å². The number of carbonyl (C=O) groups is 1. The molecule has 1 saturated heterocycles. The quantitative estimate of drug-likeness (QED) is 0.678. The molecule has 0 bridgehead atoms. The summed E-state index contributed by atoms with van der Waals surface area (Å²) in [4.78, 5) is 10.6. The van der Waals surface area contributed by atoms with Gasteiger partial charge in [0.15, 0.2) is 0 Å². The van der Waals surface area contributed by atoms with Crippen molar-refractivity contribution in [3.05, 3.63) is 11.6 Å². The highest BCUT2D eigenvalue weighted by molar-refractivity contribution is 5.86. The van der Waals surface area contributed by atoms with Crippen molar-refractivity contribution >= 4 is 5.97 Å². The van der Waals surface area contributed by atoms with Crippen molar-refractivity contribution in [2.24, 2.45) is 0 Å². The summed E-state index contributed by atoms with van der Waals surface area (Å²) in [6.45, 7) is 3.55. The Kier molecular flexibility index (Phi) is 4.62. The van der Waals surface area contributed by atoms with Crippen LogP contribution in [0.15, 0.2) is 11.6 Å². The molecule has 1 rings (SSSR count). The molecule has 1 atom stereocenters. The molecular formula is C10H16O4. The van der Waals surface area contributed by atoms with Crippen LogP contribution in [-0.2, 0) is 14.3 Å². The maximum Gasteiger partial charge on any atom is 0.331 e. The van der Waals surface area contributed by atoms with Gasteiger partial charge in [0.05, 0.1) is 19.3 Å². The van der Waals surface area contributed by atoms with Gasteiger partial charge in [-0.2, -0.15) is 0 Å². The van der Waals surface area contributed by atoms with Crippen LogP contribution in [0.25, 0.3) is 0 Å². The van der Waals surface area contributed by atoms with E-state index in [2.05, 4.69) is 0 Å². The monoisotopic (exact) mass is 200 g/mol. The minimum absolute atomic E-state index is 0.137. The lowest BCUT2D eigenvalue weighted by Gasteiger charge is -2.07. The third-order valence-corrected chi connectivity index (χ3v) is 2.21. The largest absolute Gasteiger partial charge is 0.478 e. The molecule has 0 amide bonds. The molecule has 0 aromatic carbocycles. The number of carboxylic acid groups (broad SMARTS) is 1. The number of ether oxygens (including phenoxy) is 2. The van der Waals surface area contributed by atoms with Crippen molar-refractivity contribution in [2.45, 2.75) is 25.9 Å². The summed E-state index contributed by atoms with van der Waals surface area (Å²) in [5.41, 5.74) is 0.406. The van der Waals surface area contributed by atoms with Gasteiger partial charge in [-0.1, -0.05) is 6.92 Å². The van der Waals surface area contributed by atoms with Gasteiger partial charge in [0.25, 0.3) is 0 Å². The second-order valence-electron chi connectivity index (χ2n) is 3.21. The van der Waals surface area contributed by atoms with E-state index in [-0.39, 0.29) is 6.10 Å². The molecule has 4 heteroatoms. The maximum atomic E-state index is 10.6. The standard InChI is InChI=1S/C10H16O4/c1-2-8(10(11)12)3-6-14-9-4-5-13-7-9/h3,9H,2,4-7H2,1H3,(H,11,12). The average Bonchev–Trinajstić information content (AvgIpc) is 2.64. The molecule has 4 nitrogen and oxygen atoms in total. The fourth-order valence-electron chi connectivity index (χ4n) is 1.31. The molecule has 1 aliphatic rings. The van der Waals surface area contributed by atoms with E-state index < -0.39 is 5.97 Å². The summed E-state index contributed by atoms with van der Waals surface area (Å²) in [5.74, 6) is -0.862. The molecule has 0 radical (unpaired) electrons. The predicted molar refractivity (Wildman–Crippen MR) is 51.2 cm³/mol. The van der Waals surface area contributed by atoms with Gasteiger partial charge in [0.1, 0.15) is 0 Å². The smallest absolute Gasteiger partial charge is 0.331 e. The topological polar surface area (TPSA) is 55.8 Å². The fraction of sp³-hybridized carbons (Fsp3) is 0.700. The third-order valence-electron chi connectivity index (χ3n) is 2.21. The van der Waals surface area contributed by atoms with Gasteiger partial charge >= 0.3 is 5.97 Å². The van der Waals surface area contributed by atoms with E-state index in [1.165, 1.54) is 0 Å². The van der Waals surface area contributed by atoms with Crippen LogP contribution in [0, 0.1) is 0 Å². The maximum absolute atomic E-state index is 10.6. The predicted octanol–water partition coefficient (Wildman–Crippen LogP) is 1.21. The van der Waals surface area contributed by atoms with E-state index in [0.29, 0.717) is 25.2 Å². The van der Waals surface area contributed by atoms with Crippen LogP contribution in [-0.4, -0.2) is 37.0 Å². The molecule has 1 heterocycles. The van der Waals surface area contributed by atoms with Crippen molar-refractivity contribution in [1.29, 1.82) is 0 Å². The second kappa shape index (κ2) is 5.78. The first-order valence-electron chi connectivity index (χ1n) is 4.85. The first kappa shape index (κ1) is 11.2. The van der Waals surface area contributed by atoms with Crippen LogP contribution in [0.5, 0.6) is 0 Å². The molecule has 0 spiro atoms. The van der Waals surface area contributed by atoms with Crippen LogP contribution in [0.4, 0.5) is 0 Å². The Hall–Kier alpha value is -0.870. The van der Waals surface area contributed by atoms with E-state index in [4.69, 9.17) is 14.6 Å². The van der Waals surface area contributed by atoms with Crippen LogP contribution in [0.2, 0.25) is 0 Å². The number of aliphatic carboxylic acids is 1. The van der Waals surface area contributed by atoms with Crippen molar-refractivity contribution in [3.63, 3.8) is 0 Å². The summed E-state index contributed by atoms with van der Waals surface area (Å²) in [6, 6.07) is 0. The summed E-state index contributed by atoms with van der Waals surface area (Å²) >= 11 is 0. The fourth-order valence-corrected chi connectivity index (χ4v) is 1.31. The Morgan fingerprint density at radius 2 is 2.50 bits per heavy atom. The summed E-state index contributed by atoms with van der Waals surface area (Å²) < 4.78 is 10.5. The van der Waals surface area contributed by atoms with Crippen LogP contribution in [0.1, 0.15) is 19.8 Å². The number of hydrogen-bond donors (Lipinski definition) is 1. The SMILES string of the molecule is CCC(=CCOC1CCOC1)C(=O)O. The lowest BCUT2D eigenvalue weighted by Crippen LogP contribution is -2.12. The van der Waals surface area contributed by atoms with E-state index in [1.807, 2.05) is 6.92 Å². The van der Waals surface area contributed by atoms with Gasteiger partial charge in [0.2, 0.25) is 0 Å². The molecule has 0 aromatic heterocycles. The first-order chi connectivity index (χ1) is 6.74. The zero-order valence-electron chi connectivity index (χ0n) is 8.36. The molecule has 0 aliphatic carbocycles. The highest BCUT2D eigenvalue weighted by Gasteiger charge is 2.15. The minimum atomic E-state index is -0.862. The Bertz CT molecular complexity index is 216. The summed E-state index contributed by atoms with van der Waals surface area (Å²) in [7, 11) is 0. The van der Waals surface area contributed by atoms with Crippen molar-refractivity contribution < 1.29 is 19.4 Å². The number of hydrogen-bond acceptors (Lipinski definition) is 3. The van der Waals surface area contributed by atoms with Crippen molar-refractivity contribution in [3.8, 4) is 0 Å². The first-order valence-corrected chi connectivity index (χ1v) is 4.85. The van der Waals surface area contributed by atoms with E-state index in [9.17, 15) is 4.79 Å². The lowest BCUT2D eigenvalue weighted by molar-refractivity contribution is -0.132. The highest BCUT2D eigenvalue weighted by Crippen LogP contribution is 2.08. The zero-order chi connectivity index (χ0) is 10.4. The third kappa shape index (κ3) is 3.47. The summed E-state index contributed by atoms with van der Waals surface area (Å²) in [5, 5.41) is 8.72. The van der Waals surface area contributed by atoms with Crippen LogP contribution < -0.4 is 0 Å². The average molecular weight is 200 g/mol. The zero-order valence-corrected chi connectivity index (χ0v) is 8.36. The second-order valence-corrected chi connectivity index (χ2v) is 3.21. The van der Waals surface area contributed by atoms with Gasteiger partial charge in [-0.25, -0.2) is 4.79 Å². The van der Waals surface area contributed by atoms with Gasteiger partial charge < -0.3 is 14.6 Å². The van der Waals surface area contributed by atoms with Crippen molar-refractivity contribution in [1.82, 2.24) is 0 Å². The Labute approximate surface area is 83.5 Å². The molecular weight excluding hydrogens is 184 g/mol. The lowest BCUT2D eigenvalue weighted by atomic mass is 10.2. The van der Waals surface area contributed by atoms with E-state index in [0.717, 1.165) is 13.0 Å². The molecule has 1 aliphatic heterocycles. The molecule has 80 valence electrons. The molecule has 1 N–H and O–H groups in total. The van der Waals surface area contributed by atoms with Gasteiger partial charge in [-0.05, 0) is 18.9 Å². The normalized spacial score (nSPS) is 22.6. The Balaban J connectivity index is 2.26. The van der Waals surface area contributed by atoms with Crippen molar-refractivity contribution in [2.75, 3.05) is 19.8 Å². The van der Waals surface area contributed by atoms with E-state index >= 15 is 0 Å². The molecule has 14 heavy (non-hydrogen) atoms. The molecule has 0 saturated carbocycles. The molecule has 0 aromatic rings. The van der Waals surface area contributed by atoms with Gasteiger partial charge in [-0.15, -0.1) is 0 Å². The Morgan fingerprint density at radius 1 is 1.71 bits per heavy atom. The Morgan fingerprint density at radius 3 is 3.00 bits per heavy atom. The van der Waals surface area contributed by atoms with E-state index in [1.54, 1.807) is 6.08 Å². The van der Waals surface area contributed by atoms with Gasteiger partial charge in [-0.3, -0.25) is 0 Å². The number of carboxylic acids is 1. The molecule has 1 unspecified atom stereocenters. The highest BCUT2D eigenvalue weighted by atomic mass is 16.5. The summed E-state index contributed by atoms with van der Waals surface area (Å²) in [6.07, 6.45) is 3.20. The minimum Gasteiger partial charge on any atom is -0.478 e. The van der Waals surface area contributed by atoms with Crippen LogP contribution >= 0.6 is 0 Å².